The van der Waals surface area contributed by atoms with Gasteiger partial charge in [-0.2, -0.15) is 4.98 Å². The molecule has 6 nitrogen and oxygen atoms in total. The highest BCUT2D eigenvalue weighted by Crippen LogP contribution is 2.22. The van der Waals surface area contributed by atoms with Gasteiger partial charge in [0.25, 0.3) is 0 Å². The number of hydrogen-bond acceptors (Lipinski definition) is 6. The van der Waals surface area contributed by atoms with E-state index in [0.717, 1.165) is 0 Å². The first-order valence-electron chi connectivity index (χ1n) is 6.13. The van der Waals surface area contributed by atoms with Crippen molar-refractivity contribution in [2.45, 2.75) is 24.1 Å². The minimum Gasteiger partial charge on any atom is -0.369 e. The van der Waals surface area contributed by atoms with Crippen LogP contribution in [-0.4, -0.2) is 22.6 Å². The van der Waals surface area contributed by atoms with Gasteiger partial charge in [-0.3, -0.25) is 10.1 Å². The number of amides is 1. The number of aromatic nitrogens is 2. The van der Waals surface area contributed by atoms with Crippen molar-refractivity contribution in [2.75, 3.05) is 6.54 Å². The Morgan fingerprint density at radius 3 is 3.10 bits per heavy atom. The molecule has 3 N–H and O–H groups in total. The van der Waals surface area contributed by atoms with Crippen LogP contribution in [0.4, 0.5) is 0 Å². The molecular formula is C13H16N4O2S. The maximum Gasteiger partial charge on any atom is 0.240 e. The molecule has 0 aliphatic rings. The average molecular weight is 292 g/mol. The third kappa shape index (κ3) is 4.67. The summed E-state index contributed by atoms with van der Waals surface area (Å²) in [5.74, 6) is 1.31. The number of nitrogens with two attached hydrogens (primary N) is 1. The number of benzene rings is 1. The molecule has 106 valence electrons. The van der Waals surface area contributed by atoms with E-state index in [9.17, 15) is 4.79 Å². The summed E-state index contributed by atoms with van der Waals surface area (Å²) in [6, 6.07) is 8.24. The fraction of sp³-hybridized carbons (Fsp3) is 0.308. The highest BCUT2D eigenvalue weighted by atomic mass is 32.2. The Morgan fingerprint density at radius 1 is 1.50 bits per heavy atom. The van der Waals surface area contributed by atoms with Gasteiger partial charge < -0.3 is 10.3 Å². The lowest BCUT2D eigenvalue weighted by atomic mass is 10.2. The molecule has 20 heavy (non-hydrogen) atoms. The fourth-order valence-electron chi connectivity index (χ4n) is 1.57. The first kappa shape index (κ1) is 14.5. The van der Waals surface area contributed by atoms with E-state index in [2.05, 4.69) is 34.5 Å². The van der Waals surface area contributed by atoms with E-state index in [1.807, 2.05) is 12.1 Å². The Kier molecular flexibility index (Phi) is 5.14. The molecule has 0 atom stereocenters. The van der Waals surface area contributed by atoms with Gasteiger partial charge in [-0.1, -0.05) is 22.9 Å². The van der Waals surface area contributed by atoms with Crippen LogP contribution in [0.15, 0.2) is 33.7 Å². The highest BCUT2D eigenvalue weighted by Gasteiger charge is 2.07. The van der Waals surface area contributed by atoms with Gasteiger partial charge in [0.1, 0.15) is 0 Å². The van der Waals surface area contributed by atoms with Crippen molar-refractivity contribution in [1.29, 1.82) is 0 Å². The van der Waals surface area contributed by atoms with Crippen LogP contribution in [0.25, 0.3) is 0 Å². The van der Waals surface area contributed by atoms with Crippen molar-refractivity contribution >= 4 is 17.7 Å². The topological polar surface area (TPSA) is 94.0 Å². The number of carbonyl (C=O) groups is 1. The molecule has 1 amide bonds. The van der Waals surface area contributed by atoms with Crippen molar-refractivity contribution in [3.8, 4) is 0 Å². The number of rotatable bonds is 7. The minimum atomic E-state index is -0.417. The average Bonchev–Trinajstić information content (AvgIpc) is 2.84. The lowest BCUT2D eigenvalue weighted by Crippen LogP contribution is -2.28. The predicted molar refractivity (Wildman–Crippen MR) is 75.9 cm³/mol. The van der Waals surface area contributed by atoms with Gasteiger partial charge in [0.2, 0.25) is 11.8 Å². The second-order valence-corrected chi connectivity index (χ2v) is 5.33. The normalized spacial score (nSPS) is 10.7. The number of carbonyl (C=O) groups excluding carboxylic acids is 1. The number of nitrogens with zero attached hydrogens (tertiary/aromatic N) is 2. The number of hydrogen-bond donors (Lipinski definition) is 2. The van der Waals surface area contributed by atoms with E-state index in [-0.39, 0.29) is 6.54 Å². The molecule has 2 aromatic rings. The van der Waals surface area contributed by atoms with Crippen LogP contribution in [0.2, 0.25) is 0 Å². The number of aryl methyl sites for hydroxylation is 1. The molecule has 1 aromatic carbocycles. The van der Waals surface area contributed by atoms with E-state index in [0.29, 0.717) is 24.0 Å². The van der Waals surface area contributed by atoms with Crippen LogP contribution in [-0.2, 0) is 17.1 Å². The molecule has 0 radical (unpaired) electrons. The van der Waals surface area contributed by atoms with Gasteiger partial charge in [-0.25, -0.2) is 0 Å². The van der Waals surface area contributed by atoms with Gasteiger partial charge >= 0.3 is 0 Å². The number of primary amides is 1. The first-order chi connectivity index (χ1) is 9.63. The summed E-state index contributed by atoms with van der Waals surface area (Å²) >= 11 is 1.65. The predicted octanol–water partition coefficient (Wildman–Crippen LogP) is 1.25. The third-order valence-corrected chi connectivity index (χ3v) is 3.43. The molecule has 2 rings (SSSR count). The van der Waals surface area contributed by atoms with Crippen molar-refractivity contribution in [2.24, 2.45) is 5.73 Å². The second kappa shape index (κ2) is 7.06. The summed E-state index contributed by atoms with van der Waals surface area (Å²) < 4.78 is 5.07. The van der Waals surface area contributed by atoms with Gasteiger partial charge in [-0.05, 0) is 19.1 Å². The molecule has 1 heterocycles. The SMILES string of the molecule is Cc1cccc(SCc2noc(CNCC(N)=O)n2)c1. The van der Waals surface area contributed by atoms with Crippen LogP contribution in [0, 0.1) is 6.92 Å². The minimum absolute atomic E-state index is 0.0930. The smallest absolute Gasteiger partial charge is 0.240 e. The zero-order valence-electron chi connectivity index (χ0n) is 11.1. The van der Waals surface area contributed by atoms with Gasteiger partial charge in [-0.15, -0.1) is 11.8 Å². The summed E-state index contributed by atoms with van der Waals surface area (Å²) in [5.41, 5.74) is 6.24. The molecule has 1 aromatic heterocycles. The maximum atomic E-state index is 10.6. The molecule has 0 aliphatic carbocycles. The Balaban J connectivity index is 1.82. The molecule has 0 spiro atoms. The molecule has 0 fully saturated rings. The summed E-state index contributed by atoms with van der Waals surface area (Å²) in [5, 5.41) is 6.71. The van der Waals surface area contributed by atoms with Gasteiger partial charge in [0, 0.05) is 4.90 Å². The molecule has 0 unspecified atom stereocenters. The zero-order chi connectivity index (χ0) is 14.4. The van der Waals surface area contributed by atoms with Gasteiger partial charge in [0.05, 0.1) is 18.8 Å². The Morgan fingerprint density at radius 2 is 2.35 bits per heavy atom. The summed E-state index contributed by atoms with van der Waals surface area (Å²) in [6.45, 7) is 2.49. The van der Waals surface area contributed by atoms with E-state index >= 15 is 0 Å². The zero-order valence-corrected chi connectivity index (χ0v) is 11.9. The van der Waals surface area contributed by atoms with Crippen LogP contribution >= 0.6 is 11.8 Å². The molecule has 7 heteroatoms. The molecule has 0 aliphatic heterocycles. The third-order valence-electron chi connectivity index (χ3n) is 2.44. The Hall–Kier alpha value is -1.86. The van der Waals surface area contributed by atoms with E-state index in [1.165, 1.54) is 10.5 Å². The summed E-state index contributed by atoms with van der Waals surface area (Å²) in [7, 11) is 0. The summed E-state index contributed by atoms with van der Waals surface area (Å²) in [4.78, 5) is 16.0. The van der Waals surface area contributed by atoms with Crippen LogP contribution < -0.4 is 11.1 Å². The van der Waals surface area contributed by atoms with Crippen LogP contribution in [0.1, 0.15) is 17.3 Å². The number of thioether (sulfide) groups is 1. The number of nitrogens with one attached hydrogen (secondary N) is 1. The second-order valence-electron chi connectivity index (χ2n) is 4.28. The van der Waals surface area contributed by atoms with E-state index in [4.69, 9.17) is 10.3 Å². The molecule has 0 saturated carbocycles. The maximum absolute atomic E-state index is 10.6. The molecule has 0 bridgehead atoms. The standard InChI is InChI=1S/C13H16N4O2S/c1-9-3-2-4-10(5-9)20-8-12-16-13(19-17-12)7-15-6-11(14)18/h2-5,15H,6-8H2,1H3,(H2,14,18). The van der Waals surface area contributed by atoms with Crippen LogP contribution in [0.5, 0.6) is 0 Å². The first-order valence-corrected chi connectivity index (χ1v) is 7.12. The monoisotopic (exact) mass is 292 g/mol. The molecule has 0 saturated heterocycles. The van der Waals surface area contributed by atoms with Crippen molar-refractivity contribution in [1.82, 2.24) is 15.5 Å². The quantitative estimate of drug-likeness (QED) is 0.746. The van der Waals surface area contributed by atoms with Crippen LogP contribution in [0.3, 0.4) is 0 Å². The lowest BCUT2D eigenvalue weighted by Gasteiger charge is -1.99. The highest BCUT2D eigenvalue weighted by molar-refractivity contribution is 7.98. The van der Waals surface area contributed by atoms with Crippen molar-refractivity contribution in [3.05, 3.63) is 41.5 Å². The summed E-state index contributed by atoms with van der Waals surface area (Å²) in [6.07, 6.45) is 0. The lowest BCUT2D eigenvalue weighted by molar-refractivity contribution is -0.117. The Bertz CT molecular complexity index is 585. The van der Waals surface area contributed by atoms with Crippen molar-refractivity contribution < 1.29 is 9.32 Å². The largest absolute Gasteiger partial charge is 0.369 e. The van der Waals surface area contributed by atoms with E-state index in [1.54, 1.807) is 11.8 Å². The van der Waals surface area contributed by atoms with E-state index < -0.39 is 5.91 Å². The van der Waals surface area contributed by atoms with Crippen molar-refractivity contribution in [3.63, 3.8) is 0 Å². The molecular weight excluding hydrogens is 276 g/mol. The Labute approximate surface area is 121 Å². The van der Waals surface area contributed by atoms with Gasteiger partial charge in [0.15, 0.2) is 5.82 Å². The fourth-order valence-corrected chi connectivity index (χ4v) is 2.42.